The maximum Gasteiger partial charge on any atom is 0.225 e. The van der Waals surface area contributed by atoms with Gasteiger partial charge in [-0.3, -0.25) is 19.5 Å². The SMILES string of the molecule is CC(=O)N(c1nc(CN2CCC[C@H]2[C@H]2CCCN2Cc2ccccc2)cs1)C1CC1. The van der Waals surface area contributed by atoms with Crippen LogP contribution < -0.4 is 4.90 Å². The van der Waals surface area contributed by atoms with E-state index in [9.17, 15) is 4.79 Å². The number of aromatic nitrogens is 1. The zero-order chi connectivity index (χ0) is 20.5. The molecule has 3 aliphatic rings. The lowest BCUT2D eigenvalue weighted by Crippen LogP contribution is -2.45. The van der Waals surface area contributed by atoms with Crippen molar-refractivity contribution in [2.24, 2.45) is 0 Å². The van der Waals surface area contributed by atoms with Crippen molar-refractivity contribution in [2.75, 3.05) is 18.0 Å². The molecule has 0 N–H and O–H groups in total. The Kier molecular flexibility index (Phi) is 5.89. The smallest absolute Gasteiger partial charge is 0.225 e. The fourth-order valence-electron chi connectivity index (χ4n) is 5.35. The molecule has 1 amide bonds. The van der Waals surface area contributed by atoms with E-state index in [2.05, 4.69) is 45.5 Å². The minimum atomic E-state index is 0.125. The van der Waals surface area contributed by atoms with Gasteiger partial charge in [-0.1, -0.05) is 30.3 Å². The van der Waals surface area contributed by atoms with Crippen molar-refractivity contribution < 1.29 is 4.79 Å². The van der Waals surface area contributed by atoms with Gasteiger partial charge in [0.1, 0.15) is 0 Å². The molecule has 2 saturated heterocycles. The molecule has 1 saturated carbocycles. The monoisotopic (exact) mass is 424 g/mol. The lowest BCUT2D eigenvalue weighted by atomic mass is 10.0. The fraction of sp³-hybridized carbons (Fsp3) is 0.583. The molecule has 6 heteroatoms. The Morgan fingerprint density at radius 2 is 1.70 bits per heavy atom. The second kappa shape index (κ2) is 8.77. The van der Waals surface area contributed by atoms with Crippen LogP contribution in [0.3, 0.4) is 0 Å². The van der Waals surface area contributed by atoms with Crippen molar-refractivity contribution in [3.63, 3.8) is 0 Å². The summed E-state index contributed by atoms with van der Waals surface area (Å²) in [6.45, 7) is 6.00. The molecule has 3 fully saturated rings. The Labute approximate surface area is 183 Å². The van der Waals surface area contributed by atoms with Crippen LogP contribution in [-0.4, -0.2) is 51.9 Å². The van der Waals surface area contributed by atoms with Gasteiger partial charge in [0, 0.05) is 43.5 Å². The number of nitrogens with zero attached hydrogens (tertiary/aromatic N) is 4. The van der Waals surface area contributed by atoms with Crippen molar-refractivity contribution in [3.8, 4) is 0 Å². The minimum absolute atomic E-state index is 0.125. The van der Waals surface area contributed by atoms with E-state index >= 15 is 0 Å². The van der Waals surface area contributed by atoms with E-state index in [-0.39, 0.29) is 5.91 Å². The van der Waals surface area contributed by atoms with Gasteiger partial charge in [0.15, 0.2) is 5.13 Å². The summed E-state index contributed by atoms with van der Waals surface area (Å²) in [5.41, 5.74) is 2.55. The van der Waals surface area contributed by atoms with Gasteiger partial charge >= 0.3 is 0 Å². The zero-order valence-electron chi connectivity index (χ0n) is 17.9. The Morgan fingerprint density at radius 1 is 1.03 bits per heavy atom. The Bertz CT molecular complexity index is 865. The van der Waals surface area contributed by atoms with Gasteiger partial charge in [-0.15, -0.1) is 11.3 Å². The third kappa shape index (κ3) is 4.32. The highest BCUT2D eigenvalue weighted by atomic mass is 32.1. The van der Waals surface area contributed by atoms with E-state index in [1.807, 2.05) is 4.90 Å². The van der Waals surface area contributed by atoms with Crippen LogP contribution in [0.25, 0.3) is 0 Å². The number of thiazole rings is 1. The number of hydrogen-bond acceptors (Lipinski definition) is 5. The molecular formula is C24H32N4OS. The molecule has 3 heterocycles. The van der Waals surface area contributed by atoms with Gasteiger partial charge in [-0.05, 0) is 57.2 Å². The van der Waals surface area contributed by atoms with Gasteiger partial charge < -0.3 is 0 Å². The molecule has 5 nitrogen and oxygen atoms in total. The molecule has 5 rings (SSSR count). The number of rotatable bonds is 7. The maximum absolute atomic E-state index is 12.1. The van der Waals surface area contributed by atoms with E-state index < -0.39 is 0 Å². The summed E-state index contributed by atoms with van der Waals surface area (Å²) in [6, 6.07) is 12.5. The molecular weight excluding hydrogens is 392 g/mol. The Balaban J connectivity index is 1.26. The topological polar surface area (TPSA) is 39.7 Å². The summed E-state index contributed by atoms with van der Waals surface area (Å²) in [4.78, 5) is 24.2. The summed E-state index contributed by atoms with van der Waals surface area (Å²) >= 11 is 1.63. The van der Waals surface area contributed by atoms with Crippen LogP contribution >= 0.6 is 11.3 Å². The van der Waals surface area contributed by atoms with Crippen LogP contribution in [0.5, 0.6) is 0 Å². The number of amides is 1. The molecule has 2 aromatic rings. The predicted molar refractivity (Wildman–Crippen MR) is 122 cm³/mol. The van der Waals surface area contributed by atoms with E-state index in [0.29, 0.717) is 18.1 Å². The highest BCUT2D eigenvalue weighted by Crippen LogP contribution is 2.35. The third-order valence-corrected chi connectivity index (χ3v) is 7.75. The summed E-state index contributed by atoms with van der Waals surface area (Å²) in [5, 5.41) is 3.06. The molecule has 30 heavy (non-hydrogen) atoms. The zero-order valence-corrected chi connectivity index (χ0v) is 18.7. The number of carbonyl (C=O) groups excluding carboxylic acids is 1. The Morgan fingerprint density at radius 3 is 2.33 bits per heavy atom. The van der Waals surface area contributed by atoms with Gasteiger partial charge in [0.2, 0.25) is 5.91 Å². The van der Waals surface area contributed by atoms with Crippen LogP contribution in [0.1, 0.15) is 56.7 Å². The summed E-state index contributed by atoms with van der Waals surface area (Å²) in [7, 11) is 0. The van der Waals surface area contributed by atoms with Crippen LogP contribution in [0.2, 0.25) is 0 Å². The molecule has 0 spiro atoms. The maximum atomic E-state index is 12.1. The first-order valence-electron chi connectivity index (χ1n) is 11.5. The molecule has 0 unspecified atom stereocenters. The minimum Gasteiger partial charge on any atom is -0.295 e. The summed E-state index contributed by atoms with van der Waals surface area (Å²) < 4.78 is 0. The van der Waals surface area contributed by atoms with Crippen LogP contribution in [-0.2, 0) is 17.9 Å². The lowest BCUT2D eigenvalue weighted by molar-refractivity contribution is -0.116. The number of hydrogen-bond donors (Lipinski definition) is 0. The molecule has 2 aliphatic heterocycles. The van der Waals surface area contributed by atoms with E-state index in [4.69, 9.17) is 4.98 Å². The van der Waals surface area contributed by atoms with Gasteiger partial charge in [0.05, 0.1) is 5.69 Å². The number of carbonyl (C=O) groups is 1. The van der Waals surface area contributed by atoms with Crippen molar-refractivity contribution in [1.29, 1.82) is 0 Å². The van der Waals surface area contributed by atoms with Crippen molar-refractivity contribution in [1.82, 2.24) is 14.8 Å². The average molecular weight is 425 g/mol. The standard InChI is InChI=1S/C24H32N4OS/c1-18(29)28(21-11-12-21)24-25-20(17-30-24)16-27-14-6-10-23(27)22-9-5-13-26(22)15-19-7-3-2-4-8-19/h2-4,7-8,17,21-23H,5-6,9-16H2,1H3/t22-,23+/m1/s1. The van der Waals surface area contributed by atoms with Gasteiger partial charge in [-0.2, -0.15) is 0 Å². The van der Waals surface area contributed by atoms with Crippen LogP contribution in [0.4, 0.5) is 5.13 Å². The second-order valence-corrected chi connectivity index (χ2v) is 9.92. The van der Waals surface area contributed by atoms with E-state index in [1.165, 1.54) is 37.8 Å². The summed E-state index contributed by atoms with van der Waals surface area (Å²) in [5.74, 6) is 0.125. The molecule has 0 bridgehead atoms. The number of anilines is 1. The van der Waals surface area contributed by atoms with E-state index in [1.54, 1.807) is 18.3 Å². The first kappa shape index (κ1) is 20.2. The molecule has 160 valence electrons. The van der Waals surface area contributed by atoms with Crippen LogP contribution in [0, 0.1) is 0 Å². The second-order valence-electron chi connectivity index (χ2n) is 9.09. The predicted octanol–water partition coefficient (Wildman–Crippen LogP) is 4.29. The first-order valence-corrected chi connectivity index (χ1v) is 12.3. The molecule has 0 radical (unpaired) electrons. The van der Waals surface area contributed by atoms with E-state index in [0.717, 1.165) is 43.3 Å². The summed E-state index contributed by atoms with van der Waals surface area (Å²) in [6.07, 6.45) is 7.39. The van der Waals surface area contributed by atoms with Crippen molar-refractivity contribution in [2.45, 2.75) is 76.7 Å². The highest BCUT2D eigenvalue weighted by molar-refractivity contribution is 7.14. The molecule has 1 aromatic heterocycles. The van der Waals surface area contributed by atoms with Crippen molar-refractivity contribution >= 4 is 22.4 Å². The Hall–Kier alpha value is -1.76. The quantitative estimate of drug-likeness (QED) is 0.665. The fourth-order valence-corrected chi connectivity index (χ4v) is 6.28. The largest absolute Gasteiger partial charge is 0.295 e. The number of benzene rings is 1. The highest BCUT2D eigenvalue weighted by Gasteiger charge is 2.38. The van der Waals surface area contributed by atoms with Gasteiger partial charge in [-0.25, -0.2) is 4.98 Å². The average Bonchev–Trinajstić information content (AvgIpc) is 3.10. The normalized spacial score (nSPS) is 25.1. The molecule has 1 aromatic carbocycles. The van der Waals surface area contributed by atoms with Crippen LogP contribution in [0.15, 0.2) is 35.7 Å². The van der Waals surface area contributed by atoms with Crippen molar-refractivity contribution in [3.05, 3.63) is 47.0 Å². The lowest BCUT2D eigenvalue weighted by Gasteiger charge is -2.35. The molecule has 1 aliphatic carbocycles. The first-order chi connectivity index (χ1) is 14.7. The molecule has 2 atom stereocenters. The third-order valence-electron chi connectivity index (χ3n) is 6.86. The van der Waals surface area contributed by atoms with Gasteiger partial charge in [0.25, 0.3) is 0 Å². The number of likely N-dealkylation sites (tertiary alicyclic amines) is 2.